The second kappa shape index (κ2) is 31.2. The number of amides is 11. The Morgan fingerprint density at radius 3 is 1.80 bits per heavy atom. The van der Waals surface area contributed by atoms with Crippen molar-refractivity contribution in [2.75, 3.05) is 69.0 Å². The molecule has 90 heavy (non-hydrogen) atoms. The number of likely N-dealkylation sites (N-methyl/N-ethyl adjacent to an activating group) is 7. The molecule has 504 valence electrons. The molecule has 22 nitrogen and oxygen atoms in total. The molecule has 3 heterocycles. The summed E-state index contributed by atoms with van der Waals surface area (Å²) in [5.74, 6) is -7.51. The lowest BCUT2D eigenvalue weighted by Crippen LogP contribution is -2.65. The second-order valence-corrected chi connectivity index (χ2v) is 26.7. The Morgan fingerprint density at radius 2 is 1.23 bits per heavy atom. The number of aryl methyl sites for hydroxylation is 1. The van der Waals surface area contributed by atoms with E-state index >= 15 is 4.79 Å². The van der Waals surface area contributed by atoms with E-state index < -0.39 is 160 Å². The van der Waals surface area contributed by atoms with E-state index in [2.05, 4.69) is 10.6 Å². The molecule has 0 bridgehead atoms. The minimum Gasteiger partial charge on any atom is -0.343 e. The van der Waals surface area contributed by atoms with Crippen molar-refractivity contribution >= 4 is 76.6 Å². The number of carbonyl (C=O) groups excluding carboxylic acids is 11. The monoisotopic (exact) mass is 1290 g/mol. The molecule has 26 heteroatoms. The van der Waals surface area contributed by atoms with E-state index in [0.29, 0.717) is 24.8 Å². The average Bonchev–Trinajstić information content (AvgIpc) is 1.35. The summed E-state index contributed by atoms with van der Waals surface area (Å²) in [7, 11) is 10.1. The third-order valence-corrected chi connectivity index (χ3v) is 20.3. The van der Waals surface area contributed by atoms with Crippen LogP contribution in [0.4, 0.5) is 13.2 Å². The Kier molecular flexibility index (Phi) is 25.7. The summed E-state index contributed by atoms with van der Waals surface area (Å²) in [6, 6.07) is -6.74. The summed E-state index contributed by atoms with van der Waals surface area (Å²) >= 11 is 6.12. The van der Waals surface area contributed by atoms with Gasteiger partial charge < -0.3 is 54.7 Å². The van der Waals surface area contributed by atoms with Crippen LogP contribution in [0.3, 0.4) is 0 Å². The number of rotatable bonds is 9. The number of carbonyl (C=O) groups is 11. The molecule has 4 fully saturated rings. The Morgan fingerprint density at radius 1 is 0.633 bits per heavy atom. The molecular formula is C64H99ClF3N11O11. The first-order chi connectivity index (χ1) is 41.9. The van der Waals surface area contributed by atoms with E-state index in [1.165, 1.54) is 122 Å². The molecule has 1 saturated carbocycles. The van der Waals surface area contributed by atoms with Crippen LogP contribution in [0.2, 0.25) is 5.02 Å². The molecule has 0 unspecified atom stereocenters. The predicted molar refractivity (Wildman–Crippen MR) is 333 cm³/mol. The smallest absolute Gasteiger partial charge is 0.343 e. The van der Waals surface area contributed by atoms with Crippen molar-refractivity contribution in [3.8, 4) is 0 Å². The maximum absolute atomic E-state index is 15.0. The van der Waals surface area contributed by atoms with Gasteiger partial charge in [0.2, 0.25) is 65.0 Å². The summed E-state index contributed by atoms with van der Waals surface area (Å²) in [6.07, 6.45) is 1.04. The molecule has 11 atom stereocenters. The van der Waals surface area contributed by atoms with E-state index in [1.807, 2.05) is 13.8 Å². The molecule has 0 radical (unpaired) electrons. The predicted octanol–water partition coefficient (Wildman–Crippen LogP) is 5.21. The van der Waals surface area contributed by atoms with Crippen molar-refractivity contribution in [3.63, 3.8) is 0 Å². The number of nitrogens with one attached hydrogen (secondary N) is 2. The fraction of sp³-hybridized carbons (Fsp3) is 0.734. The van der Waals surface area contributed by atoms with Gasteiger partial charge in [-0.25, -0.2) is 0 Å². The maximum atomic E-state index is 15.0. The highest BCUT2D eigenvalue weighted by Gasteiger charge is 2.49. The van der Waals surface area contributed by atoms with Crippen LogP contribution in [-0.2, 0) is 65.3 Å². The van der Waals surface area contributed by atoms with Crippen LogP contribution in [0, 0.1) is 17.8 Å². The van der Waals surface area contributed by atoms with Gasteiger partial charge in [0.15, 0.2) is 0 Å². The molecule has 1 aromatic carbocycles. The van der Waals surface area contributed by atoms with Gasteiger partial charge in [-0.2, -0.15) is 13.2 Å². The molecule has 0 aromatic heterocycles. The normalized spacial score (nSPS) is 28.2. The van der Waals surface area contributed by atoms with E-state index in [1.54, 1.807) is 20.8 Å². The molecule has 1 aromatic rings. The van der Waals surface area contributed by atoms with Crippen LogP contribution in [0.15, 0.2) is 18.2 Å². The SMILES string of the molecule is CC[C@H](C)[C@@H]1NC(=O)[C@H](C)N(C)C(=O)C[C@@H](C)N(C)C(=O)[C@H]([C@@H](C)CC)N(C)C(=O)C(C)(C)N(C)C(=O)[C@@H]2CCCN2C(=O)[C@H](CCc2ccc(C(F)(F)F)c(Cl)c2)NC(=O)CN(C)C(=O)[C@H](CC2CCCCC2)N(C)C(=O)[C@@H]2CCN2C(=O)[C@H](C)N(C)C1=O. The van der Waals surface area contributed by atoms with E-state index in [9.17, 15) is 61.1 Å². The first-order valence-corrected chi connectivity index (χ1v) is 32.2. The van der Waals surface area contributed by atoms with Gasteiger partial charge in [-0.1, -0.05) is 90.3 Å². The maximum Gasteiger partial charge on any atom is 0.417 e. The number of hydrogen-bond acceptors (Lipinski definition) is 11. The molecule has 1 aliphatic carbocycles. The van der Waals surface area contributed by atoms with E-state index in [0.717, 1.165) is 49.1 Å². The lowest BCUT2D eigenvalue weighted by Gasteiger charge is -2.45. The van der Waals surface area contributed by atoms with Crippen molar-refractivity contribution in [3.05, 3.63) is 34.3 Å². The van der Waals surface area contributed by atoms with Gasteiger partial charge in [-0.05, 0) is 109 Å². The molecule has 5 rings (SSSR count). The van der Waals surface area contributed by atoms with Gasteiger partial charge in [-0.15, -0.1) is 0 Å². The largest absolute Gasteiger partial charge is 0.417 e. The van der Waals surface area contributed by atoms with Crippen LogP contribution in [0.5, 0.6) is 0 Å². The van der Waals surface area contributed by atoms with Gasteiger partial charge in [0.05, 0.1) is 17.1 Å². The zero-order chi connectivity index (χ0) is 67.8. The molecule has 2 N–H and O–H groups in total. The highest BCUT2D eigenvalue weighted by Crippen LogP contribution is 2.36. The zero-order valence-electron chi connectivity index (χ0n) is 55.7. The van der Waals surface area contributed by atoms with Gasteiger partial charge in [-0.3, -0.25) is 52.7 Å². The highest BCUT2D eigenvalue weighted by molar-refractivity contribution is 6.31. The fourth-order valence-corrected chi connectivity index (χ4v) is 12.9. The minimum atomic E-state index is -4.75. The molecular weight excluding hydrogens is 1190 g/mol. The number of fused-ring (bicyclic) bond motifs is 2. The number of alkyl halides is 3. The summed E-state index contributed by atoms with van der Waals surface area (Å²) in [6.45, 7) is 14.6. The summed E-state index contributed by atoms with van der Waals surface area (Å²) < 4.78 is 41.3. The van der Waals surface area contributed by atoms with E-state index in [-0.39, 0.29) is 57.5 Å². The van der Waals surface area contributed by atoms with Crippen molar-refractivity contribution in [2.45, 2.75) is 218 Å². The lowest BCUT2D eigenvalue weighted by atomic mass is 9.84. The van der Waals surface area contributed by atoms with Crippen LogP contribution in [-0.4, -0.2) is 238 Å². The Balaban J connectivity index is 1.56. The van der Waals surface area contributed by atoms with Crippen LogP contribution in [0.25, 0.3) is 0 Å². The number of benzene rings is 1. The van der Waals surface area contributed by atoms with Crippen LogP contribution < -0.4 is 10.6 Å². The minimum absolute atomic E-state index is 0.0368. The summed E-state index contributed by atoms with van der Waals surface area (Å²) in [4.78, 5) is 172. The van der Waals surface area contributed by atoms with Crippen molar-refractivity contribution in [1.29, 1.82) is 0 Å². The van der Waals surface area contributed by atoms with E-state index in [4.69, 9.17) is 11.6 Å². The molecule has 3 aliphatic heterocycles. The Labute approximate surface area is 534 Å². The highest BCUT2D eigenvalue weighted by atomic mass is 35.5. The summed E-state index contributed by atoms with van der Waals surface area (Å²) in [5.41, 5.74) is -2.40. The van der Waals surface area contributed by atoms with Gasteiger partial charge in [0.25, 0.3) is 0 Å². The number of nitrogens with zero attached hydrogens (tertiary/aromatic N) is 9. The topological polar surface area (TPSA) is 241 Å². The van der Waals surface area contributed by atoms with Gasteiger partial charge in [0, 0.05) is 74.9 Å². The van der Waals surface area contributed by atoms with Crippen LogP contribution in [0.1, 0.15) is 157 Å². The quantitative estimate of drug-likeness (QED) is 0.325. The van der Waals surface area contributed by atoms with Crippen molar-refractivity contribution < 1.29 is 65.9 Å². The fourth-order valence-electron chi connectivity index (χ4n) is 12.6. The molecule has 3 saturated heterocycles. The number of hydrogen-bond donors (Lipinski definition) is 2. The third kappa shape index (κ3) is 16.9. The molecule has 11 amide bonds. The molecule has 4 aliphatic rings. The number of halogens is 4. The van der Waals surface area contributed by atoms with Crippen molar-refractivity contribution in [1.82, 2.24) is 54.7 Å². The van der Waals surface area contributed by atoms with Gasteiger partial charge in [0.1, 0.15) is 53.9 Å². The Bertz CT molecular complexity index is 2820. The third-order valence-electron chi connectivity index (χ3n) is 20.0. The van der Waals surface area contributed by atoms with Crippen LogP contribution >= 0.6 is 11.6 Å². The second-order valence-electron chi connectivity index (χ2n) is 26.3. The van der Waals surface area contributed by atoms with Gasteiger partial charge >= 0.3 is 6.18 Å². The first-order valence-electron chi connectivity index (χ1n) is 31.9. The standard InChI is InChI=1S/C64H99ClF3N11O11/c1-17-37(3)52-60(88)74(13)41(7)55(83)79-32-30-48(79)58(86)75(14)49(35-42-23-20-19-21-24-42)57(85)71(10)36-50(80)69-46(29-27-43-26-28-44(45(65)34-43)64(66,67)68)56(84)78-31-22-25-47(78)59(87)77(16)63(8,9)62(90)76(15)53(38(4)18-2)61(89)72(11)39(5)33-51(81)73(12)40(6)54(82)70-52/h26,28,34,37-42,46-49,52-53H,17-25,27,29-33,35-36H2,1-16H3,(H,69,80)(H,70,82)/t37-,38-,39+,40-,41-,46-,47-,48-,49-,52-,53-/m0/s1. The zero-order valence-corrected chi connectivity index (χ0v) is 56.5. The average molecular weight is 1290 g/mol. The first kappa shape index (κ1) is 74.2. The summed E-state index contributed by atoms with van der Waals surface area (Å²) in [5, 5.41) is 5.01. The lowest BCUT2D eigenvalue weighted by molar-refractivity contribution is -0.160. The Hall–Kier alpha value is -6.53. The van der Waals surface area contributed by atoms with Crippen molar-refractivity contribution in [2.24, 2.45) is 17.8 Å². The molecule has 0 spiro atoms.